The predicted molar refractivity (Wildman–Crippen MR) is 341 cm³/mol. The van der Waals surface area contributed by atoms with Gasteiger partial charge in [-0.2, -0.15) is 0 Å². The molecule has 0 atom stereocenters. The van der Waals surface area contributed by atoms with Crippen LogP contribution in [0.4, 0.5) is 96.4 Å². The molecule has 2 amide bonds. The van der Waals surface area contributed by atoms with E-state index in [1.807, 2.05) is 218 Å². The Labute approximate surface area is 584 Å². The number of amides is 2. The van der Waals surface area contributed by atoms with Gasteiger partial charge in [0.2, 0.25) is 12.8 Å². The largest absolute Gasteiger partial charge is 2.00 e. The van der Waals surface area contributed by atoms with Crippen molar-refractivity contribution >= 4 is 119 Å². The van der Waals surface area contributed by atoms with E-state index in [1.54, 1.807) is 53.0 Å². The van der Waals surface area contributed by atoms with Crippen molar-refractivity contribution in [3.8, 4) is 0 Å². The molecular formula is C62H54ClCu2F12N14O2P2Pd-3. The molecule has 12 rings (SSSR count). The summed E-state index contributed by atoms with van der Waals surface area (Å²) in [6, 6.07) is 70.2. The Balaban J connectivity index is 0.000000569. The van der Waals surface area contributed by atoms with Crippen LogP contribution in [0.15, 0.2) is 243 Å². The van der Waals surface area contributed by atoms with E-state index in [2.05, 4.69) is 61.1 Å². The van der Waals surface area contributed by atoms with Gasteiger partial charge in [-0.3, -0.25) is 29.5 Å². The second kappa shape index (κ2) is 37.5. The molecule has 0 aliphatic rings. The molecular weight excluding hydrogens is 1530 g/mol. The molecule has 96 heavy (non-hydrogen) atoms. The van der Waals surface area contributed by atoms with Crippen LogP contribution in [0, 0.1) is 0 Å². The third-order valence-corrected chi connectivity index (χ3v) is 10.2. The second-order valence-corrected chi connectivity index (χ2v) is 22.6. The number of carbonyl (C=O) groups is 2. The minimum Gasteiger partial charge on any atom is -1.00 e. The number of halogens is 13. The predicted octanol–water partition coefficient (Wildman–Crippen LogP) is 19.0. The van der Waals surface area contributed by atoms with E-state index in [0.717, 1.165) is 79.7 Å². The Morgan fingerprint density at radius 3 is 0.625 bits per heavy atom. The molecule has 0 spiro atoms. The maximum atomic E-state index is 9.87. The van der Waals surface area contributed by atoms with Gasteiger partial charge in [-0.25, -0.2) is 0 Å². The van der Waals surface area contributed by atoms with Crippen LogP contribution in [0.25, 0.3) is 65.4 Å². The number of benzene rings is 4. The van der Waals surface area contributed by atoms with Gasteiger partial charge < -0.3 is 63.4 Å². The SMILES string of the molecule is CN(C)C=O.CN(C)C=O.F[P-](F)(F)(F)(F)F.F[P-](F)(F)(F)(F)F.[Cl-].[Cu+2].[Cu+2].[Pd].c1ccc([N-]c2ccc3cccnc3n2)cc1.c1ccc([N-]c2ccc3cccnc3n2)cc1.c1ccc([N-]c2ccc3cccnc3n2)cc1.c1ccc([N-]c2ccc3cccnc3n2)cc1. The molecule has 0 aliphatic carbocycles. The number of carbonyl (C=O) groups excluding carboxylic acids is 2. The molecule has 8 heterocycles. The molecule has 0 saturated carbocycles. The molecule has 0 bridgehead atoms. The van der Waals surface area contributed by atoms with Gasteiger partial charge >= 0.3 is 100 Å². The first kappa shape index (κ1) is 85.3. The maximum Gasteiger partial charge on any atom is 2.00 e. The molecule has 0 fully saturated rings. The number of aromatic nitrogens is 8. The number of fused-ring (bicyclic) bond motifs is 4. The monoisotopic (exact) mass is 1580 g/mol. The van der Waals surface area contributed by atoms with Crippen molar-refractivity contribution in [2.24, 2.45) is 0 Å². The van der Waals surface area contributed by atoms with Crippen molar-refractivity contribution in [1.29, 1.82) is 0 Å². The smallest absolute Gasteiger partial charge is 1.00 e. The molecule has 0 aliphatic heterocycles. The van der Waals surface area contributed by atoms with E-state index in [9.17, 15) is 60.0 Å². The first-order valence-corrected chi connectivity index (χ1v) is 30.5. The van der Waals surface area contributed by atoms with Crippen LogP contribution in [0.2, 0.25) is 0 Å². The zero-order valence-electron chi connectivity index (χ0n) is 50.1. The van der Waals surface area contributed by atoms with Gasteiger partial charge in [0.15, 0.2) is 0 Å². The second-order valence-electron chi connectivity index (χ2n) is 18.7. The summed E-state index contributed by atoms with van der Waals surface area (Å²) in [5.41, 5.74) is 6.50. The standard InChI is InChI=1S/4C14H10N3.2C3H7NO.ClH.2Cu.2F6P.Pd/c4*1-2-6-12(7-3-1)16-13-9-8-11-5-4-10-15-14(11)17-13;2*1-4(2)3-5;;;;2*1-7(2,3,4,5)6;/h4*1-10H;2*3H,1-2H3;1H;;;;;/q4*-1;;;;2*+2;2*-1;/p-1. The van der Waals surface area contributed by atoms with Gasteiger partial charge in [-0.1, -0.05) is 217 Å². The summed E-state index contributed by atoms with van der Waals surface area (Å²) in [6.45, 7) is 0. The Morgan fingerprint density at radius 2 is 0.469 bits per heavy atom. The van der Waals surface area contributed by atoms with Gasteiger partial charge in [0.25, 0.3) is 0 Å². The van der Waals surface area contributed by atoms with Crippen LogP contribution in [-0.2, 0) is 64.1 Å². The van der Waals surface area contributed by atoms with E-state index >= 15 is 0 Å². The summed E-state index contributed by atoms with van der Waals surface area (Å²) < 4.78 is 118. The van der Waals surface area contributed by atoms with Crippen LogP contribution < -0.4 is 12.4 Å². The van der Waals surface area contributed by atoms with Crippen LogP contribution in [-0.4, -0.2) is 90.7 Å². The quantitative estimate of drug-likeness (QED) is 0.0549. The fraction of sp³-hybridized carbons (Fsp3) is 0.0645. The van der Waals surface area contributed by atoms with Gasteiger partial charge in [0.05, 0.1) is 22.6 Å². The first-order valence-electron chi connectivity index (χ1n) is 26.4. The van der Waals surface area contributed by atoms with Gasteiger partial charge in [-0.05, 0) is 68.6 Å². The average Bonchev–Trinajstić information content (AvgIpc) is 0.791. The van der Waals surface area contributed by atoms with E-state index in [1.165, 1.54) is 9.80 Å². The number of pyridine rings is 8. The Kier molecular flexibility index (Phi) is 33.3. The average molecular weight is 1590 g/mol. The van der Waals surface area contributed by atoms with E-state index in [0.29, 0.717) is 23.3 Å². The number of hydrogen-bond donors (Lipinski definition) is 0. The molecule has 8 aromatic heterocycles. The number of hydrogen-bond acceptors (Lipinski definition) is 10. The molecule has 520 valence electrons. The maximum absolute atomic E-state index is 10.7. The first-order chi connectivity index (χ1) is 43.1. The number of para-hydroxylation sites is 4. The molecule has 12 aromatic rings. The van der Waals surface area contributed by atoms with Crippen molar-refractivity contribution in [2.75, 3.05) is 28.2 Å². The van der Waals surface area contributed by atoms with Crippen molar-refractivity contribution in [1.82, 2.24) is 49.7 Å². The Morgan fingerprint density at radius 1 is 0.302 bits per heavy atom. The van der Waals surface area contributed by atoms with Crippen LogP contribution in [0.3, 0.4) is 0 Å². The molecule has 16 nitrogen and oxygen atoms in total. The normalized spacial score (nSPS) is 11.4. The molecule has 0 unspecified atom stereocenters. The number of nitrogens with zero attached hydrogens (tertiary/aromatic N) is 14. The van der Waals surface area contributed by atoms with Crippen LogP contribution in [0.5, 0.6) is 0 Å². The topological polar surface area (TPSA) is 200 Å². The van der Waals surface area contributed by atoms with Gasteiger partial charge in [0, 0.05) is 73.4 Å². The van der Waals surface area contributed by atoms with Crippen molar-refractivity contribution in [2.45, 2.75) is 0 Å². The van der Waals surface area contributed by atoms with Crippen LogP contribution >= 0.6 is 15.6 Å². The molecule has 0 saturated heterocycles. The van der Waals surface area contributed by atoms with Gasteiger partial charge in [-0.15, -0.1) is 0 Å². The van der Waals surface area contributed by atoms with Crippen molar-refractivity contribution in [3.63, 3.8) is 0 Å². The summed E-state index contributed by atoms with van der Waals surface area (Å²) in [7, 11) is -14.6. The van der Waals surface area contributed by atoms with Gasteiger partial charge in [0.1, 0.15) is 0 Å². The van der Waals surface area contributed by atoms with Crippen molar-refractivity contribution < 1.29 is 127 Å². The molecule has 2 radical (unpaired) electrons. The van der Waals surface area contributed by atoms with E-state index in [4.69, 9.17) is 0 Å². The fourth-order valence-corrected chi connectivity index (χ4v) is 6.56. The summed E-state index contributed by atoms with van der Waals surface area (Å²) >= 11 is 0. The van der Waals surface area contributed by atoms with Crippen LogP contribution in [0.1, 0.15) is 0 Å². The van der Waals surface area contributed by atoms with Crippen molar-refractivity contribution in [3.05, 3.63) is 264 Å². The minimum atomic E-state index is -10.7. The zero-order chi connectivity index (χ0) is 67.4. The zero-order valence-corrected chi connectivity index (χ0v) is 56.0. The van der Waals surface area contributed by atoms with E-state index in [-0.39, 0.29) is 67.0 Å². The fourth-order valence-electron chi connectivity index (χ4n) is 6.56. The van der Waals surface area contributed by atoms with E-state index < -0.39 is 15.6 Å². The summed E-state index contributed by atoms with van der Waals surface area (Å²) in [5.74, 6) is 2.73. The molecule has 34 heteroatoms. The minimum absolute atomic E-state index is 0. The number of rotatable bonds is 10. The summed E-state index contributed by atoms with van der Waals surface area (Å²) in [6.07, 6.45) is 8.45. The third kappa shape index (κ3) is 39.9. The Hall–Kier alpha value is -8.73. The molecule has 4 aromatic carbocycles. The Bertz CT molecular complexity index is 3750. The summed E-state index contributed by atoms with van der Waals surface area (Å²) in [4.78, 5) is 56.2. The third-order valence-electron chi connectivity index (χ3n) is 10.2. The molecule has 0 N–H and O–H groups in total. The summed E-state index contributed by atoms with van der Waals surface area (Å²) in [5, 5.41) is 21.9.